The highest BCUT2D eigenvalue weighted by atomic mass is 16.5. The summed E-state index contributed by atoms with van der Waals surface area (Å²) in [4.78, 5) is 34.8. The van der Waals surface area contributed by atoms with Crippen LogP contribution in [0.3, 0.4) is 0 Å². The zero-order valence-electron chi connectivity index (χ0n) is 17.2. The van der Waals surface area contributed by atoms with Crippen molar-refractivity contribution in [1.29, 1.82) is 0 Å². The SMILES string of the molecule is O=C(O)CC1CC(NC(=O)CCNC(=O)OCC2c3ccccc3-c3ccccc32)C1. The van der Waals surface area contributed by atoms with E-state index in [9.17, 15) is 14.4 Å². The second kappa shape index (κ2) is 9.20. The molecule has 3 N–H and O–H groups in total. The first-order valence-corrected chi connectivity index (χ1v) is 10.6. The minimum atomic E-state index is -0.804. The summed E-state index contributed by atoms with van der Waals surface area (Å²) in [6.07, 6.45) is 1.15. The Morgan fingerprint density at radius 1 is 0.968 bits per heavy atom. The number of carbonyl (C=O) groups excluding carboxylic acids is 2. The average molecular weight is 422 g/mol. The minimum absolute atomic E-state index is 0.00110. The smallest absolute Gasteiger partial charge is 0.407 e. The molecule has 0 heterocycles. The number of nitrogens with one attached hydrogen (secondary N) is 2. The molecule has 162 valence electrons. The molecule has 0 radical (unpaired) electrons. The maximum Gasteiger partial charge on any atom is 0.407 e. The molecule has 1 saturated carbocycles. The van der Waals surface area contributed by atoms with Gasteiger partial charge in [0, 0.05) is 31.3 Å². The molecular weight excluding hydrogens is 396 g/mol. The third-order valence-corrected chi connectivity index (χ3v) is 6.03. The number of hydrogen-bond acceptors (Lipinski definition) is 4. The molecule has 1 fully saturated rings. The van der Waals surface area contributed by atoms with Crippen molar-refractivity contribution in [3.8, 4) is 11.1 Å². The third kappa shape index (κ3) is 4.87. The van der Waals surface area contributed by atoms with Crippen LogP contribution in [0.25, 0.3) is 11.1 Å². The molecule has 0 saturated heterocycles. The van der Waals surface area contributed by atoms with Gasteiger partial charge in [0.05, 0.1) is 0 Å². The van der Waals surface area contributed by atoms with Gasteiger partial charge in [-0.05, 0) is 41.0 Å². The summed E-state index contributed by atoms with van der Waals surface area (Å²) in [7, 11) is 0. The Morgan fingerprint density at radius 2 is 1.58 bits per heavy atom. The van der Waals surface area contributed by atoms with Crippen molar-refractivity contribution in [2.75, 3.05) is 13.2 Å². The van der Waals surface area contributed by atoms with Crippen LogP contribution in [0, 0.1) is 5.92 Å². The molecule has 2 aromatic carbocycles. The zero-order chi connectivity index (χ0) is 21.8. The van der Waals surface area contributed by atoms with Gasteiger partial charge >= 0.3 is 12.1 Å². The number of benzene rings is 2. The number of alkyl carbamates (subject to hydrolysis) is 1. The standard InChI is InChI=1S/C24H26N2O5/c27-22(26-16-11-15(12-16)13-23(28)29)9-10-25-24(30)31-14-21-19-7-3-1-5-17(19)18-6-2-4-8-20(18)21/h1-8,15-16,21H,9-14H2,(H,25,30)(H,26,27)(H,28,29). The van der Waals surface area contributed by atoms with E-state index in [0.717, 1.165) is 11.1 Å². The number of hydrogen-bond donors (Lipinski definition) is 3. The molecule has 0 aliphatic heterocycles. The molecule has 0 atom stereocenters. The van der Waals surface area contributed by atoms with Crippen LogP contribution in [0.2, 0.25) is 0 Å². The largest absolute Gasteiger partial charge is 0.481 e. The quantitative estimate of drug-likeness (QED) is 0.606. The highest BCUT2D eigenvalue weighted by Gasteiger charge is 2.32. The van der Waals surface area contributed by atoms with Crippen molar-refractivity contribution in [2.45, 2.75) is 37.6 Å². The van der Waals surface area contributed by atoms with Gasteiger partial charge in [-0.15, -0.1) is 0 Å². The van der Waals surface area contributed by atoms with Crippen LogP contribution < -0.4 is 10.6 Å². The molecule has 2 aromatic rings. The Hall–Kier alpha value is -3.35. The first-order valence-electron chi connectivity index (χ1n) is 10.6. The Bertz CT molecular complexity index is 938. The summed E-state index contributed by atoms with van der Waals surface area (Å²) in [5.74, 6) is -0.819. The molecule has 7 nitrogen and oxygen atoms in total. The lowest BCUT2D eigenvalue weighted by Crippen LogP contribution is -2.45. The molecule has 0 bridgehead atoms. The maximum atomic E-state index is 12.1. The van der Waals surface area contributed by atoms with Crippen LogP contribution in [0.4, 0.5) is 4.79 Å². The summed E-state index contributed by atoms with van der Waals surface area (Å²) >= 11 is 0. The molecule has 0 unspecified atom stereocenters. The van der Waals surface area contributed by atoms with Crippen LogP contribution in [0.5, 0.6) is 0 Å². The van der Waals surface area contributed by atoms with E-state index < -0.39 is 12.1 Å². The van der Waals surface area contributed by atoms with Gasteiger partial charge in [0.25, 0.3) is 0 Å². The van der Waals surface area contributed by atoms with Crippen LogP contribution in [0.15, 0.2) is 48.5 Å². The van der Waals surface area contributed by atoms with Crippen LogP contribution in [-0.2, 0) is 14.3 Å². The van der Waals surface area contributed by atoms with E-state index in [2.05, 4.69) is 34.9 Å². The predicted molar refractivity (Wildman–Crippen MR) is 115 cm³/mol. The molecular formula is C24H26N2O5. The van der Waals surface area contributed by atoms with Gasteiger partial charge in [-0.3, -0.25) is 9.59 Å². The van der Waals surface area contributed by atoms with Crippen LogP contribution in [0.1, 0.15) is 42.7 Å². The van der Waals surface area contributed by atoms with E-state index in [1.54, 1.807) is 0 Å². The number of carboxylic acid groups (broad SMARTS) is 1. The van der Waals surface area contributed by atoms with E-state index >= 15 is 0 Å². The first kappa shape index (κ1) is 20.9. The van der Waals surface area contributed by atoms with Crippen molar-refractivity contribution in [2.24, 2.45) is 5.92 Å². The highest BCUT2D eigenvalue weighted by Crippen LogP contribution is 2.44. The Morgan fingerprint density at radius 3 is 2.19 bits per heavy atom. The van der Waals surface area contributed by atoms with Crippen molar-refractivity contribution < 1.29 is 24.2 Å². The number of aliphatic carboxylic acids is 1. The van der Waals surface area contributed by atoms with Gasteiger partial charge < -0.3 is 20.5 Å². The van der Waals surface area contributed by atoms with Gasteiger partial charge in [-0.25, -0.2) is 4.79 Å². The molecule has 4 rings (SSSR count). The minimum Gasteiger partial charge on any atom is -0.481 e. The molecule has 2 aliphatic rings. The van der Waals surface area contributed by atoms with E-state index in [1.165, 1.54) is 11.1 Å². The molecule has 0 spiro atoms. The number of fused-ring (bicyclic) bond motifs is 3. The molecule has 2 amide bonds. The Kier molecular flexibility index (Phi) is 6.21. The Labute approximate surface area is 180 Å². The van der Waals surface area contributed by atoms with Crippen molar-refractivity contribution in [1.82, 2.24) is 10.6 Å². The highest BCUT2D eigenvalue weighted by molar-refractivity contribution is 5.79. The summed E-state index contributed by atoms with van der Waals surface area (Å²) in [6.45, 7) is 0.423. The van der Waals surface area contributed by atoms with Gasteiger partial charge in [0.15, 0.2) is 0 Å². The van der Waals surface area contributed by atoms with Gasteiger partial charge in [-0.2, -0.15) is 0 Å². The average Bonchev–Trinajstić information content (AvgIpc) is 3.04. The third-order valence-electron chi connectivity index (χ3n) is 6.03. The summed E-state index contributed by atoms with van der Waals surface area (Å²) in [5.41, 5.74) is 4.64. The fourth-order valence-electron chi connectivity index (χ4n) is 4.49. The number of carboxylic acids is 1. The van der Waals surface area contributed by atoms with Crippen LogP contribution >= 0.6 is 0 Å². The lowest BCUT2D eigenvalue weighted by molar-refractivity contribution is -0.139. The molecule has 0 aromatic heterocycles. The monoisotopic (exact) mass is 422 g/mol. The maximum absolute atomic E-state index is 12.1. The molecule has 2 aliphatic carbocycles. The van der Waals surface area contributed by atoms with Crippen molar-refractivity contribution >= 4 is 18.0 Å². The first-order chi connectivity index (χ1) is 15.0. The predicted octanol–water partition coefficient (Wildman–Crippen LogP) is 3.28. The fourth-order valence-corrected chi connectivity index (χ4v) is 4.49. The number of rotatable bonds is 8. The van der Waals surface area contributed by atoms with Gasteiger partial charge in [0.1, 0.15) is 6.61 Å². The summed E-state index contributed by atoms with van der Waals surface area (Å²) in [6, 6.07) is 16.3. The van der Waals surface area contributed by atoms with Gasteiger partial charge in [0.2, 0.25) is 5.91 Å². The molecule has 31 heavy (non-hydrogen) atoms. The lowest BCUT2D eigenvalue weighted by Gasteiger charge is -2.34. The van der Waals surface area contributed by atoms with Crippen LogP contribution in [-0.4, -0.2) is 42.3 Å². The summed E-state index contributed by atoms with van der Waals surface area (Å²) < 4.78 is 5.45. The zero-order valence-corrected chi connectivity index (χ0v) is 17.2. The van der Waals surface area contributed by atoms with Crippen molar-refractivity contribution in [3.05, 3.63) is 59.7 Å². The normalized spacial score (nSPS) is 19.0. The summed E-state index contributed by atoms with van der Waals surface area (Å²) in [5, 5.41) is 14.3. The number of amides is 2. The molecule has 7 heteroatoms. The Balaban J connectivity index is 1.19. The van der Waals surface area contributed by atoms with E-state index in [1.807, 2.05) is 24.3 Å². The van der Waals surface area contributed by atoms with E-state index in [-0.39, 0.29) is 49.8 Å². The van der Waals surface area contributed by atoms with E-state index in [4.69, 9.17) is 9.84 Å². The lowest BCUT2D eigenvalue weighted by atomic mass is 9.78. The topological polar surface area (TPSA) is 105 Å². The number of ether oxygens (including phenoxy) is 1. The number of carbonyl (C=O) groups is 3. The second-order valence-electron chi connectivity index (χ2n) is 8.20. The van der Waals surface area contributed by atoms with Gasteiger partial charge in [-0.1, -0.05) is 48.5 Å². The van der Waals surface area contributed by atoms with E-state index in [0.29, 0.717) is 12.8 Å². The second-order valence-corrected chi connectivity index (χ2v) is 8.20. The van der Waals surface area contributed by atoms with Crippen molar-refractivity contribution in [3.63, 3.8) is 0 Å². The fraction of sp³-hybridized carbons (Fsp3) is 0.375.